The number of benzene rings is 2. The Balaban J connectivity index is 1.87. The van der Waals surface area contributed by atoms with E-state index in [4.69, 9.17) is 11.6 Å². The third-order valence-corrected chi connectivity index (χ3v) is 5.49. The number of anilines is 2. The van der Waals surface area contributed by atoms with Gasteiger partial charge in [0.25, 0.3) is 0 Å². The van der Waals surface area contributed by atoms with Gasteiger partial charge in [-0.05, 0) is 57.1 Å². The number of carbonyl (C=O) groups is 3. The van der Waals surface area contributed by atoms with Crippen molar-refractivity contribution in [3.8, 4) is 0 Å². The minimum absolute atomic E-state index is 0.0737. The van der Waals surface area contributed by atoms with E-state index in [2.05, 4.69) is 16.0 Å². The molecule has 2 aromatic rings. The van der Waals surface area contributed by atoms with Gasteiger partial charge in [-0.3, -0.25) is 19.3 Å². The first-order chi connectivity index (χ1) is 15.8. The van der Waals surface area contributed by atoms with E-state index in [1.54, 1.807) is 0 Å². The van der Waals surface area contributed by atoms with Gasteiger partial charge in [-0.25, -0.2) is 0 Å². The smallest absolute Gasteiger partial charge is 0.346 e. The second-order valence-corrected chi connectivity index (χ2v) is 8.27. The van der Waals surface area contributed by atoms with E-state index < -0.39 is 40.5 Å². The van der Waals surface area contributed by atoms with Crippen molar-refractivity contribution < 1.29 is 27.6 Å². The first-order valence-electron chi connectivity index (χ1n) is 10.3. The molecule has 0 heterocycles. The number of hydrogen-bond donors (Lipinski definition) is 3. The Bertz CT molecular complexity index is 1060. The zero-order valence-electron chi connectivity index (χ0n) is 19.1. The van der Waals surface area contributed by atoms with E-state index in [1.165, 1.54) is 24.9 Å². The third kappa shape index (κ3) is 7.46. The van der Waals surface area contributed by atoms with Gasteiger partial charge in [-0.2, -0.15) is 13.2 Å². The Morgan fingerprint density at radius 1 is 1.03 bits per heavy atom. The topological polar surface area (TPSA) is 90.5 Å². The number of halogens is 4. The highest BCUT2D eigenvalue weighted by Crippen LogP contribution is 2.36. The summed E-state index contributed by atoms with van der Waals surface area (Å²) >= 11 is 5.58. The van der Waals surface area contributed by atoms with Crippen molar-refractivity contribution in [2.24, 2.45) is 0 Å². The average molecular weight is 499 g/mol. The highest BCUT2D eigenvalue weighted by atomic mass is 35.5. The van der Waals surface area contributed by atoms with Crippen molar-refractivity contribution in [2.45, 2.75) is 33.0 Å². The number of carbonyl (C=O) groups excluding carboxylic acids is 3. The first-order valence-corrected chi connectivity index (χ1v) is 10.7. The van der Waals surface area contributed by atoms with Gasteiger partial charge >= 0.3 is 6.18 Å². The van der Waals surface area contributed by atoms with E-state index in [9.17, 15) is 27.6 Å². The van der Waals surface area contributed by atoms with Crippen LogP contribution in [0.25, 0.3) is 0 Å². The maximum atomic E-state index is 13.0. The van der Waals surface area contributed by atoms with Crippen LogP contribution in [0.1, 0.15) is 23.6 Å². The summed E-state index contributed by atoms with van der Waals surface area (Å²) in [5, 5.41) is 7.15. The summed E-state index contributed by atoms with van der Waals surface area (Å²) in [6.07, 6.45) is -4.66. The molecule has 7 nitrogen and oxygen atoms in total. The van der Waals surface area contributed by atoms with Gasteiger partial charge in [0.05, 0.1) is 29.7 Å². The molecule has 11 heteroatoms. The normalized spacial score (nSPS) is 12.3. The predicted molar refractivity (Wildman–Crippen MR) is 125 cm³/mol. The van der Waals surface area contributed by atoms with Crippen LogP contribution in [-0.4, -0.2) is 48.8 Å². The molecule has 1 atom stereocenters. The summed E-state index contributed by atoms with van der Waals surface area (Å²) in [6.45, 7) is 4.72. The number of nitrogens with zero attached hydrogens (tertiary/aromatic N) is 1. The molecule has 0 bridgehead atoms. The summed E-state index contributed by atoms with van der Waals surface area (Å²) in [4.78, 5) is 38.3. The van der Waals surface area contributed by atoms with Crippen LogP contribution in [-0.2, 0) is 20.6 Å². The fourth-order valence-corrected chi connectivity index (χ4v) is 3.32. The number of aryl methyl sites for hydroxylation is 2. The predicted octanol–water partition coefficient (Wildman–Crippen LogP) is 3.99. The molecule has 1 unspecified atom stereocenters. The zero-order chi connectivity index (χ0) is 25.6. The van der Waals surface area contributed by atoms with Gasteiger partial charge < -0.3 is 16.0 Å². The Hall–Kier alpha value is -3.11. The lowest BCUT2D eigenvalue weighted by Crippen LogP contribution is -2.47. The zero-order valence-corrected chi connectivity index (χ0v) is 19.9. The second kappa shape index (κ2) is 11.3. The molecule has 0 aliphatic heterocycles. The van der Waals surface area contributed by atoms with Gasteiger partial charge in [-0.15, -0.1) is 0 Å². The minimum Gasteiger partial charge on any atom is -0.346 e. The van der Waals surface area contributed by atoms with Crippen molar-refractivity contribution in [2.75, 3.05) is 30.8 Å². The van der Waals surface area contributed by atoms with Crippen LogP contribution >= 0.6 is 11.6 Å². The molecule has 0 radical (unpaired) electrons. The van der Waals surface area contributed by atoms with Crippen LogP contribution in [0.15, 0.2) is 36.4 Å². The Kier molecular flexibility index (Phi) is 9.06. The Morgan fingerprint density at radius 3 is 2.24 bits per heavy atom. The van der Waals surface area contributed by atoms with E-state index in [0.717, 1.165) is 23.3 Å². The summed E-state index contributed by atoms with van der Waals surface area (Å²) in [7, 11) is 1.50. The lowest BCUT2D eigenvalue weighted by atomic mass is 10.1. The van der Waals surface area contributed by atoms with Crippen LogP contribution in [0.2, 0.25) is 5.02 Å². The van der Waals surface area contributed by atoms with Gasteiger partial charge in [0.2, 0.25) is 17.7 Å². The molecule has 0 aliphatic carbocycles. The molecule has 2 rings (SSSR count). The molecule has 0 aromatic heterocycles. The maximum Gasteiger partial charge on any atom is 0.417 e. The highest BCUT2D eigenvalue weighted by Gasteiger charge is 2.33. The lowest BCUT2D eigenvalue weighted by molar-refractivity contribution is -0.137. The molecule has 0 fully saturated rings. The highest BCUT2D eigenvalue weighted by molar-refractivity contribution is 6.31. The monoisotopic (exact) mass is 498 g/mol. The molecule has 0 spiro atoms. The number of rotatable bonds is 8. The van der Waals surface area contributed by atoms with Crippen molar-refractivity contribution >= 4 is 40.7 Å². The number of para-hydroxylation sites is 1. The van der Waals surface area contributed by atoms with Gasteiger partial charge in [0, 0.05) is 11.4 Å². The fourth-order valence-electron chi connectivity index (χ4n) is 3.09. The van der Waals surface area contributed by atoms with E-state index >= 15 is 0 Å². The van der Waals surface area contributed by atoms with E-state index in [0.29, 0.717) is 5.69 Å². The Morgan fingerprint density at radius 2 is 1.65 bits per heavy atom. The molecular weight excluding hydrogens is 473 g/mol. The molecule has 0 aliphatic rings. The summed E-state index contributed by atoms with van der Waals surface area (Å²) in [6, 6.07) is 7.84. The van der Waals surface area contributed by atoms with Crippen molar-refractivity contribution in [3.63, 3.8) is 0 Å². The quantitative estimate of drug-likeness (QED) is 0.513. The molecular formula is C23H26ClF3N4O3. The number of nitrogens with one attached hydrogen (secondary N) is 3. The molecule has 184 valence electrons. The number of alkyl halides is 3. The van der Waals surface area contributed by atoms with Crippen molar-refractivity contribution in [3.05, 3.63) is 58.1 Å². The van der Waals surface area contributed by atoms with Gasteiger partial charge in [0.1, 0.15) is 0 Å². The number of likely N-dealkylation sites (N-methyl/N-ethyl adjacent to an activating group) is 1. The number of amides is 3. The second-order valence-electron chi connectivity index (χ2n) is 7.86. The molecule has 2 aromatic carbocycles. The van der Waals surface area contributed by atoms with Gasteiger partial charge in [0.15, 0.2) is 0 Å². The number of hydrogen-bond acceptors (Lipinski definition) is 4. The van der Waals surface area contributed by atoms with Crippen molar-refractivity contribution in [1.29, 1.82) is 0 Å². The van der Waals surface area contributed by atoms with Crippen LogP contribution in [0.5, 0.6) is 0 Å². The molecule has 3 N–H and O–H groups in total. The van der Waals surface area contributed by atoms with Crippen molar-refractivity contribution in [1.82, 2.24) is 10.2 Å². The molecule has 0 saturated carbocycles. The largest absolute Gasteiger partial charge is 0.417 e. The summed E-state index contributed by atoms with van der Waals surface area (Å²) in [5.41, 5.74) is 1.32. The Labute approximate surface area is 200 Å². The summed E-state index contributed by atoms with van der Waals surface area (Å²) in [5.74, 6) is -1.51. The minimum atomic E-state index is -4.66. The fraction of sp³-hybridized carbons (Fsp3) is 0.348. The summed E-state index contributed by atoms with van der Waals surface area (Å²) < 4.78 is 39.0. The molecule has 34 heavy (non-hydrogen) atoms. The van der Waals surface area contributed by atoms with Crippen LogP contribution in [0.3, 0.4) is 0 Å². The van der Waals surface area contributed by atoms with Crippen LogP contribution in [0.4, 0.5) is 24.5 Å². The standard InChI is InChI=1S/C23H26ClF3N4O3/c1-13-6-5-7-14(2)21(13)30-19(32)11-28-22(34)15(3)31(4)12-20(33)29-16-8-9-18(24)17(10-16)23(25,26)27/h5-10,15H,11-12H2,1-4H3,(H,28,34)(H,29,33)(H,30,32). The van der Waals surface area contributed by atoms with Gasteiger partial charge in [-0.1, -0.05) is 29.8 Å². The molecule has 3 amide bonds. The molecule has 0 saturated heterocycles. The third-order valence-electron chi connectivity index (χ3n) is 5.16. The van der Waals surface area contributed by atoms with Crippen LogP contribution in [0, 0.1) is 13.8 Å². The first kappa shape index (κ1) is 27.1. The lowest BCUT2D eigenvalue weighted by Gasteiger charge is -2.23. The van der Waals surface area contributed by atoms with Crippen LogP contribution < -0.4 is 16.0 Å². The average Bonchev–Trinajstić information content (AvgIpc) is 2.74. The SMILES string of the molecule is Cc1cccc(C)c1NC(=O)CNC(=O)C(C)N(C)CC(=O)Nc1ccc(Cl)c(C(F)(F)F)c1. The van der Waals surface area contributed by atoms with E-state index in [1.807, 2.05) is 32.0 Å². The van der Waals surface area contributed by atoms with E-state index in [-0.39, 0.29) is 18.8 Å². The maximum absolute atomic E-state index is 13.0.